The maximum absolute atomic E-state index is 12.8. The van der Waals surface area contributed by atoms with Crippen LogP contribution in [-0.2, 0) is 19.5 Å². The van der Waals surface area contributed by atoms with Crippen molar-refractivity contribution in [1.82, 2.24) is 24.6 Å². The van der Waals surface area contributed by atoms with E-state index in [0.29, 0.717) is 18.8 Å². The van der Waals surface area contributed by atoms with Crippen LogP contribution in [0.1, 0.15) is 34.6 Å². The topological polar surface area (TPSA) is 66.8 Å². The normalized spacial score (nSPS) is 14.3. The van der Waals surface area contributed by atoms with Gasteiger partial charge in [-0.25, -0.2) is 0 Å². The van der Waals surface area contributed by atoms with Crippen molar-refractivity contribution in [3.8, 4) is 0 Å². The van der Waals surface area contributed by atoms with Crippen molar-refractivity contribution in [2.45, 2.75) is 33.4 Å². The number of H-pyrrole nitrogens is 1. The van der Waals surface area contributed by atoms with E-state index in [1.165, 1.54) is 5.56 Å². The van der Waals surface area contributed by atoms with Crippen LogP contribution < -0.4 is 0 Å². The molecular formula is C17H19N5O. The largest absolute Gasteiger partial charge is 0.351 e. The van der Waals surface area contributed by atoms with Crippen LogP contribution in [0.5, 0.6) is 0 Å². The molecule has 1 aliphatic rings. The fourth-order valence-electron chi connectivity index (χ4n) is 3.18. The second kappa shape index (κ2) is 5.22. The molecule has 3 heterocycles. The summed E-state index contributed by atoms with van der Waals surface area (Å²) in [5.41, 5.74) is 2.81. The van der Waals surface area contributed by atoms with Crippen molar-refractivity contribution in [1.29, 1.82) is 0 Å². The van der Waals surface area contributed by atoms with Crippen molar-refractivity contribution in [2.75, 3.05) is 6.54 Å². The first kappa shape index (κ1) is 14.0. The minimum atomic E-state index is 0.0196. The van der Waals surface area contributed by atoms with Gasteiger partial charge < -0.3 is 14.5 Å². The lowest BCUT2D eigenvalue weighted by atomic mass is 10.2. The average Bonchev–Trinajstić information content (AvgIpc) is 3.16. The van der Waals surface area contributed by atoms with Crippen molar-refractivity contribution in [3.63, 3.8) is 0 Å². The smallest absolute Gasteiger partial charge is 0.270 e. The first-order valence-electron chi connectivity index (χ1n) is 7.95. The fourth-order valence-corrected chi connectivity index (χ4v) is 3.18. The Kier molecular flexibility index (Phi) is 3.18. The van der Waals surface area contributed by atoms with Gasteiger partial charge in [-0.05, 0) is 24.6 Å². The number of aromatic nitrogens is 4. The predicted octanol–water partition coefficient (Wildman–Crippen LogP) is 2.29. The van der Waals surface area contributed by atoms with Crippen LogP contribution in [-0.4, -0.2) is 37.1 Å². The van der Waals surface area contributed by atoms with Crippen molar-refractivity contribution < 1.29 is 4.79 Å². The second-order valence-corrected chi connectivity index (χ2v) is 6.04. The molecule has 23 heavy (non-hydrogen) atoms. The Labute approximate surface area is 134 Å². The first-order chi connectivity index (χ1) is 11.2. The number of carbonyl (C=O) groups is 1. The molecule has 6 nitrogen and oxygen atoms in total. The molecule has 0 atom stereocenters. The lowest BCUT2D eigenvalue weighted by Crippen LogP contribution is -2.38. The highest BCUT2D eigenvalue weighted by Gasteiger charge is 2.25. The SMILES string of the molecule is CCc1nnc2n1CCN(C(=O)c1cc3ccc(C)cc3[nH]1)C2. The molecule has 4 rings (SSSR count). The molecule has 3 aromatic rings. The molecule has 1 N–H and O–H groups in total. The summed E-state index contributed by atoms with van der Waals surface area (Å²) in [7, 11) is 0. The molecule has 0 radical (unpaired) electrons. The van der Waals surface area contributed by atoms with E-state index in [1.807, 2.05) is 24.0 Å². The molecule has 0 unspecified atom stereocenters. The molecule has 1 aliphatic heterocycles. The third-order valence-corrected chi connectivity index (χ3v) is 4.44. The number of nitrogens with zero attached hydrogens (tertiary/aromatic N) is 4. The molecule has 118 valence electrons. The molecule has 0 fully saturated rings. The summed E-state index contributed by atoms with van der Waals surface area (Å²) >= 11 is 0. The van der Waals surface area contributed by atoms with Gasteiger partial charge in [-0.2, -0.15) is 0 Å². The van der Waals surface area contributed by atoms with Crippen molar-refractivity contribution in [3.05, 3.63) is 47.2 Å². The first-order valence-corrected chi connectivity index (χ1v) is 7.95. The van der Waals surface area contributed by atoms with E-state index >= 15 is 0 Å². The van der Waals surface area contributed by atoms with Gasteiger partial charge in [0, 0.05) is 30.4 Å². The molecule has 0 saturated carbocycles. The highest BCUT2D eigenvalue weighted by molar-refractivity contribution is 5.98. The molecule has 1 amide bonds. The minimum Gasteiger partial charge on any atom is -0.351 e. The molecule has 0 saturated heterocycles. The van der Waals surface area contributed by atoms with Crippen LogP contribution in [0.3, 0.4) is 0 Å². The molecule has 6 heteroatoms. The van der Waals surface area contributed by atoms with Gasteiger partial charge in [0.1, 0.15) is 11.5 Å². The summed E-state index contributed by atoms with van der Waals surface area (Å²) in [5.74, 6) is 1.88. The number of aryl methyl sites for hydroxylation is 2. The Balaban J connectivity index is 1.61. The zero-order valence-corrected chi connectivity index (χ0v) is 13.3. The summed E-state index contributed by atoms with van der Waals surface area (Å²) in [5, 5.41) is 9.47. The van der Waals surface area contributed by atoms with E-state index in [0.717, 1.165) is 35.5 Å². The Morgan fingerprint density at radius 3 is 2.96 bits per heavy atom. The third kappa shape index (κ3) is 2.30. The molecule has 2 aromatic heterocycles. The van der Waals surface area contributed by atoms with Crippen LogP contribution in [0, 0.1) is 6.92 Å². The molecule has 0 aliphatic carbocycles. The number of nitrogens with one attached hydrogen (secondary N) is 1. The van der Waals surface area contributed by atoms with Gasteiger partial charge in [0.05, 0.1) is 6.54 Å². The van der Waals surface area contributed by atoms with Crippen LogP contribution in [0.25, 0.3) is 10.9 Å². The third-order valence-electron chi connectivity index (χ3n) is 4.44. The van der Waals surface area contributed by atoms with Gasteiger partial charge in [-0.1, -0.05) is 19.1 Å². The summed E-state index contributed by atoms with van der Waals surface area (Å²) < 4.78 is 2.12. The maximum atomic E-state index is 12.8. The fraction of sp³-hybridized carbons (Fsp3) is 0.353. The Bertz CT molecular complexity index is 892. The van der Waals surface area contributed by atoms with Gasteiger partial charge in [0.25, 0.3) is 5.91 Å². The summed E-state index contributed by atoms with van der Waals surface area (Å²) in [6, 6.07) is 8.08. The number of benzene rings is 1. The van der Waals surface area contributed by atoms with E-state index in [-0.39, 0.29) is 5.91 Å². The zero-order chi connectivity index (χ0) is 16.0. The van der Waals surface area contributed by atoms with Gasteiger partial charge in [-0.3, -0.25) is 4.79 Å². The van der Waals surface area contributed by atoms with Gasteiger partial charge in [0.2, 0.25) is 0 Å². The second-order valence-electron chi connectivity index (χ2n) is 6.04. The summed E-state index contributed by atoms with van der Waals surface area (Å²) in [6.45, 7) is 6.08. The maximum Gasteiger partial charge on any atom is 0.270 e. The summed E-state index contributed by atoms with van der Waals surface area (Å²) in [6.07, 6.45) is 0.863. The molecule has 1 aromatic carbocycles. The number of carbonyl (C=O) groups excluding carboxylic acids is 1. The lowest BCUT2D eigenvalue weighted by molar-refractivity contribution is 0.0701. The quantitative estimate of drug-likeness (QED) is 0.790. The highest BCUT2D eigenvalue weighted by atomic mass is 16.2. The van der Waals surface area contributed by atoms with Crippen molar-refractivity contribution in [2.24, 2.45) is 0 Å². The van der Waals surface area contributed by atoms with E-state index in [9.17, 15) is 4.79 Å². The van der Waals surface area contributed by atoms with E-state index in [4.69, 9.17) is 0 Å². The predicted molar refractivity (Wildman–Crippen MR) is 87.2 cm³/mol. The molecular weight excluding hydrogens is 290 g/mol. The average molecular weight is 309 g/mol. The van der Waals surface area contributed by atoms with Gasteiger partial charge >= 0.3 is 0 Å². The number of fused-ring (bicyclic) bond motifs is 2. The number of aromatic amines is 1. The van der Waals surface area contributed by atoms with Crippen LogP contribution in [0.2, 0.25) is 0 Å². The van der Waals surface area contributed by atoms with Crippen LogP contribution in [0.15, 0.2) is 24.3 Å². The molecule has 0 spiro atoms. The Morgan fingerprint density at radius 1 is 1.26 bits per heavy atom. The van der Waals surface area contributed by atoms with Crippen LogP contribution in [0.4, 0.5) is 0 Å². The number of rotatable bonds is 2. The van der Waals surface area contributed by atoms with Gasteiger partial charge in [0.15, 0.2) is 5.82 Å². The van der Waals surface area contributed by atoms with E-state index in [1.54, 1.807) is 0 Å². The number of hydrogen-bond donors (Lipinski definition) is 1. The monoisotopic (exact) mass is 309 g/mol. The number of amides is 1. The highest BCUT2D eigenvalue weighted by Crippen LogP contribution is 2.20. The van der Waals surface area contributed by atoms with Crippen LogP contribution >= 0.6 is 0 Å². The van der Waals surface area contributed by atoms with E-state index in [2.05, 4.69) is 38.8 Å². The van der Waals surface area contributed by atoms with E-state index < -0.39 is 0 Å². The Morgan fingerprint density at radius 2 is 2.13 bits per heavy atom. The van der Waals surface area contributed by atoms with Gasteiger partial charge in [-0.15, -0.1) is 10.2 Å². The zero-order valence-electron chi connectivity index (χ0n) is 13.3. The minimum absolute atomic E-state index is 0.0196. The lowest BCUT2D eigenvalue weighted by Gasteiger charge is -2.27. The number of hydrogen-bond acceptors (Lipinski definition) is 3. The van der Waals surface area contributed by atoms with Crippen molar-refractivity contribution >= 4 is 16.8 Å². The summed E-state index contributed by atoms with van der Waals surface area (Å²) in [4.78, 5) is 17.9. The molecule has 0 bridgehead atoms. The standard InChI is InChI=1S/C17H19N5O/c1-3-15-19-20-16-10-21(6-7-22(15)16)17(23)14-9-12-5-4-11(2)8-13(12)18-14/h4-5,8-9,18H,3,6-7,10H2,1-2H3. The Hall–Kier alpha value is -2.63.